The number of nitrogens with zero attached hydrogens (tertiary/aromatic N) is 1. The second kappa shape index (κ2) is 7.99. The minimum absolute atomic E-state index is 0.636. The molecule has 3 nitrogen and oxygen atoms in total. The lowest BCUT2D eigenvalue weighted by Gasteiger charge is -2.36. The molecule has 0 spiro atoms. The molecule has 0 heterocycles. The molecule has 112 valence electrons. The summed E-state index contributed by atoms with van der Waals surface area (Å²) in [7, 11) is 4.12. The summed E-state index contributed by atoms with van der Waals surface area (Å²) in [4.78, 5) is 2.13. The molecular formula is C16H25ClN2O. The molecule has 0 bridgehead atoms. The molecule has 0 saturated heterocycles. The molecule has 0 aromatic heterocycles. The lowest BCUT2D eigenvalue weighted by Crippen LogP contribution is -2.41. The number of rotatable bonds is 8. The summed E-state index contributed by atoms with van der Waals surface area (Å²) < 4.78 is 5.57. The maximum absolute atomic E-state index is 6.03. The average molecular weight is 297 g/mol. The van der Waals surface area contributed by atoms with Crippen LogP contribution in [0.25, 0.3) is 0 Å². The van der Waals surface area contributed by atoms with Crippen molar-refractivity contribution in [3.63, 3.8) is 0 Å². The van der Waals surface area contributed by atoms with Gasteiger partial charge in [0.1, 0.15) is 0 Å². The van der Waals surface area contributed by atoms with Gasteiger partial charge in [-0.2, -0.15) is 0 Å². The van der Waals surface area contributed by atoms with Gasteiger partial charge in [0.25, 0.3) is 0 Å². The standard InChI is InChI=1S/C16H25ClN2O/c1-19(2)7-9-20-8-6-18-16-11-14(12-16)13-4-3-5-15(17)10-13/h3-5,10,14,16,18H,6-9,11-12H2,1-2H3. The highest BCUT2D eigenvalue weighted by Crippen LogP contribution is 2.37. The Morgan fingerprint density at radius 3 is 2.80 bits per heavy atom. The van der Waals surface area contributed by atoms with Crippen molar-refractivity contribution >= 4 is 11.6 Å². The Kier molecular flexibility index (Phi) is 6.30. The zero-order valence-electron chi connectivity index (χ0n) is 12.4. The molecule has 2 rings (SSSR count). The lowest BCUT2D eigenvalue weighted by atomic mass is 9.76. The van der Waals surface area contributed by atoms with Gasteiger partial charge in [0.05, 0.1) is 13.2 Å². The largest absolute Gasteiger partial charge is 0.379 e. The molecule has 1 aromatic rings. The van der Waals surface area contributed by atoms with E-state index in [0.29, 0.717) is 12.0 Å². The average Bonchev–Trinajstić information content (AvgIpc) is 2.35. The Hall–Kier alpha value is -0.610. The molecule has 0 unspecified atom stereocenters. The van der Waals surface area contributed by atoms with Crippen molar-refractivity contribution in [3.05, 3.63) is 34.9 Å². The number of halogens is 1. The van der Waals surface area contributed by atoms with Crippen molar-refractivity contribution < 1.29 is 4.74 Å². The maximum Gasteiger partial charge on any atom is 0.0593 e. The third-order valence-electron chi connectivity index (χ3n) is 3.82. The topological polar surface area (TPSA) is 24.5 Å². The summed E-state index contributed by atoms with van der Waals surface area (Å²) in [5, 5.41) is 4.39. The van der Waals surface area contributed by atoms with Gasteiger partial charge in [0.15, 0.2) is 0 Å². The van der Waals surface area contributed by atoms with E-state index in [1.165, 1.54) is 18.4 Å². The summed E-state index contributed by atoms with van der Waals surface area (Å²) in [6.07, 6.45) is 2.41. The molecule has 1 fully saturated rings. The van der Waals surface area contributed by atoms with Crippen molar-refractivity contribution in [2.45, 2.75) is 24.8 Å². The van der Waals surface area contributed by atoms with E-state index in [2.05, 4.69) is 36.4 Å². The molecule has 1 saturated carbocycles. The Morgan fingerprint density at radius 2 is 2.10 bits per heavy atom. The molecule has 4 heteroatoms. The van der Waals surface area contributed by atoms with Gasteiger partial charge in [0, 0.05) is 24.2 Å². The molecule has 1 aliphatic carbocycles. The van der Waals surface area contributed by atoms with E-state index in [-0.39, 0.29) is 0 Å². The lowest BCUT2D eigenvalue weighted by molar-refractivity contribution is 0.114. The summed E-state index contributed by atoms with van der Waals surface area (Å²) in [6, 6.07) is 8.88. The van der Waals surface area contributed by atoms with Crippen LogP contribution >= 0.6 is 11.6 Å². The van der Waals surface area contributed by atoms with E-state index < -0.39 is 0 Å². The van der Waals surface area contributed by atoms with E-state index in [4.69, 9.17) is 16.3 Å². The van der Waals surface area contributed by atoms with Crippen LogP contribution in [-0.4, -0.2) is 51.3 Å². The Labute approximate surface area is 127 Å². The zero-order valence-corrected chi connectivity index (χ0v) is 13.2. The van der Waals surface area contributed by atoms with Gasteiger partial charge in [-0.3, -0.25) is 0 Å². The van der Waals surface area contributed by atoms with Crippen LogP contribution in [0.4, 0.5) is 0 Å². The molecule has 0 aliphatic heterocycles. The van der Waals surface area contributed by atoms with Crippen LogP contribution < -0.4 is 5.32 Å². The van der Waals surface area contributed by atoms with Crippen molar-refractivity contribution in [3.8, 4) is 0 Å². The second-order valence-electron chi connectivity index (χ2n) is 5.79. The molecule has 0 amide bonds. The summed E-state index contributed by atoms with van der Waals surface area (Å²) in [6.45, 7) is 3.54. The predicted molar refractivity (Wildman–Crippen MR) is 84.6 cm³/mol. The molecule has 1 aliphatic rings. The second-order valence-corrected chi connectivity index (χ2v) is 6.23. The molecule has 0 atom stereocenters. The molecule has 1 aromatic carbocycles. The monoisotopic (exact) mass is 296 g/mol. The van der Waals surface area contributed by atoms with Crippen LogP contribution in [0.15, 0.2) is 24.3 Å². The normalized spacial score (nSPS) is 22.0. The molecule has 1 N–H and O–H groups in total. The van der Waals surface area contributed by atoms with E-state index in [0.717, 1.165) is 31.3 Å². The minimum atomic E-state index is 0.636. The molecule has 20 heavy (non-hydrogen) atoms. The Morgan fingerprint density at radius 1 is 1.30 bits per heavy atom. The Bertz CT molecular complexity index is 405. The van der Waals surface area contributed by atoms with Crippen LogP contribution in [0, 0.1) is 0 Å². The van der Waals surface area contributed by atoms with E-state index in [9.17, 15) is 0 Å². The fourth-order valence-electron chi connectivity index (χ4n) is 2.50. The SMILES string of the molecule is CN(C)CCOCCNC1CC(c2cccc(Cl)c2)C1. The van der Waals surface area contributed by atoms with Crippen molar-refractivity contribution in [2.24, 2.45) is 0 Å². The Balaban J connectivity index is 1.54. The highest BCUT2D eigenvalue weighted by atomic mass is 35.5. The zero-order chi connectivity index (χ0) is 14.4. The van der Waals surface area contributed by atoms with Crippen LogP contribution in [0.2, 0.25) is 5.02 Å². The van der Waals surface area contributed by atoms with Crippen LogP contribution in [0.1, 0.15) is 24.3 Å². The number of hydrogen-bond acceptors (Lipinski definition) is 3. The van der Waals surface area contributed by atoms with Gasteiger partial charge >= 0.3 is 0 Å². The molecule has 0 radical (unpaired) electrons. The predicted octanol–water partition coefficient (Wildman–Crippen LogP) is 2.75. The highest BCUT2D eigenvalue weighted by Gasteiger charge is 2.29. The number of likely N-dealkylation sites (N-methyl/N-ethyl adjacent to an activating group) is 1. The smallest absolute Gasteiger partial charge is 0.0593 e. The first-order chi connectivity index (χ1) is 9.65. The fourth-order valence-corrected chi connectivity index (χ4v) is 2.70. The van der Waals surface area contributed by atoms with Crippen LogP contribution in [0.5, 0.6) is 0 Å². The van der Waals surface area contributed by atoms with Crippen molar-refractivity contribution in [1.82, 2.24) is 10.2 Å². The van der Waals surface area contributed by atoms with E-state index in [1.54, 1.807) is 0 Å². The number of nitrogens with one attached hydrogen (secondary N) is 1. The molecular weight excluding hydrogens is 272 g/mol. The third-order valence-corrected chi connectivity index (χ3v) is 4.06. The summed E-state index contributed by atoms with van der Waals surface area (Å²) >= 11 is 6.03. The third kappa shape index (κ3) is 5.06. The van der Waals surface area contributed by atoms with E-state index >= 15 is 0 Å². The van der Waals surface area contributed by atoms with Gasteiger partial charge in [-0.1, -0.05) is 23.7 Å². The first-order valence-corrected chi connectivity index (χ1v) is 7.74. The first kappa shape index (κ1) is 15.8. The van der Waals surface area contributed by atoms with E-state index in [1.807, 2.05) is 12.1 Å². The van der Waals surface area contributed by atoms with Gasteiger partial charge in [0.2, 0.25) is 0 Å². The minimum Gasteiger partial charge on any atom is -0.379 e. The highest BCUT2D eigenvalue weighted by molar-refractivity contribution is 6.30. The van der Waals surface area contributed by atoms with Gasteiger partial charge in [-0.05, 0) is 50.6 Å². The quantitative estimate of drug-likeness (QED) is 0.747. The van der Waals surface area contributed by atoms with Gasteiger partial charge in [-0.25, -0.2) is 0 Å². The van der Waals surface area contributed by atoms with Gasteiger partial charge < -0.3 is 15.0 Å². The van der Waals surface area contributed by atoms with Crippen molar-refractivity contribution in [1.29, 1.82) is 0 Å². The summed E-state index contributed by atoms with van der Waals surface area (Å²) in [5.74, 6) is 0.667. The maximum atomic E-state index is 6.03. The number of benzene rings is 1. The first-order valence-electron chi connectivity index (χ1n) is 7.36. The van der Waals surface area contributed by atoms with Crippen LogP contribution in [0.3, 0.4) is 0 Å². The number of hydrogen-bond donors (Lipinski definition) is 1. The van der Waals surface area contributed by atoms with Gasteiger partial charge in [-0.15, -0.1) is 0 Å². The van der Waals surface area contributed by atoms with Crippen molar-refractivity contribution in [2.75, 3.05) is 40.4 Å². The summed E-state index contributed by atoms with van der Waals surface area (Å²) in [5.41, 5.74) is 1.37. The fraction of sp³-hybridized carbons (Fsp3) is 0.625. The van der Waals surface area contributed by atoms with Crippen LogP contribution in [-0.2, 0) is 4.74 Å². The number of ether oxygens (including phenoxy) is 1.